The minimum Gasteiger partial charge on any atom is -0.300 e. The summed E-state index contributed by atoms with van der Waals surface area (Å²) >= 11 is 0. The van der Waals surface area contributed by atoms with Crippen LogP contribution in [0.15, 0.2) is 5.10 Å². The molecule has 0 saturated heterocycles. The van der Waals surface area contributed by atoms with Crippen molar-refractivity contribution in [2.45, 2.75) is 19.8 Å². The summed E-state index contributed by atoms with van der Waals surface area (Å²) in [5.74, 6) is 0. The summed E-state index contributed by atoms with van der Waals surface area (Å²) in [4.78, 5) is 0. The molecule has 0 fully saturated rings. The molecule has 0 aliphatic carbocycles. The number of nitrogens with zero attached hydrogens (tertiary/aromatic N) is 2. The van der Waals surface area contributed by atoms with Crippen molar-refractivity contribution in [2.24, 2.45) is 5.10 Å². The fourth-order valence-electron chi connectivity index (χ4n) is 0.880. The van der Waals surface area contributed by atoms with E-state index in [0.717, 1.165) is 13.0 Å². The first-order chi connectivity index (χ1) is 3.83. The predicted octanol–water partition coefficient (Wildman–Crippen LogP) is 1.09. The van der Waals surface area contributed by atoms with Crippen LogP contribution in [-0.4, -0.2) is 24.3 Å². The Morgan fingerprint density at radius 1 is 1.75 bits per heavy atom. The van der Waals surface area contributed by atoms with Gasteiger partial charge in [0, 0.05) is 25.7 Å². The Morgan fingerprint density at radius 2 is 2.50 bits per heavy atom. The van der Waals surface area contributed by atoms with E-state index in [9.17, 15) is 0 Å². The second kappa shape index (κ2) is 2.16. The summed E-state index contributed by atoms with van der Waals surface area (Å²) in [6.45, 7) is 3.27. The van der Waals surface area contributed by atoms with Gasteiger partial charge < -0.3 is 0 Å². The van der Waals surface area contributed by atoms with Crippen molar-refractivity contribution in [1.29, 1.82) is 0 Å². The monoisotopic (exact) mass is 112 g/mol. The van der Waals surface area contributed by atoms with Gasteiger partial charge in [-0.25, -0.2) is 0 Å². The highest BCUT2D eigenvalue weighted by atomic mass is 15.4. The molecule has 0 bridgehead atoms. The molecule has 8 heavy (non-hydrogen) atoms. The van der Waals surface area contributed by atoms with Crippen LogP contribution in [0.3, 0.4) is 0 Å². The Morgan fingerprint density at radius 3 is 2.75 bits per heavy atom. The summed E-state index contributed by atoms with van der Waals surface area (Å²) < 4.78 is 0. The van der Waals surface area contributed by atoms with Gasteiger partial charge in [0.2, 0.25) is 0 Å². The van der Waals surface area contributed by atoms with Gasteiger partial charge in [-0.05, 0) is 6.42 Å². The van der Waals surface area contributed by atoms with E-state index >= 15 is 0 Å². The number of hydrogen-bond acceptors (Lipinski definition) is 2. The molecule has 0 saturated carbocycles. The van der Waals surface area contributed by atoms with Crippen LogP contribution in [0.2, 0.25) is 0 Å². The van der Waals surface area contributed by atoms with Crippen molar-refractivity contribution < 1.29 is 0 Å². The summed E-state index contributed by atoms with van der Waals surface area (Å²) in [6, 6.07) is 0. The standard InChI is InChI=1S/C6H12N2/c1-3-6-4-5-8(2)7-6/h3-5H2,1-2H3. The fraction of sp³-hybridized carbons (Fsp3) is 0.833. The van der Waals surface area contributed by atoms with Crippen LogP contribution in [0.4, 0.5) is 0 Å². The Bertz CT molecular complexity index is 107. The third kappa shape index (κ3) is 0.997. The fourth-order valence-corrected chi connectivity index (χ4v) is 0.880. The molecule has 0 atom stereocenters. The Labute approximate surface area is 50.2 Å². The zero-order valence-electron chi connectivity index (χ0n) is 5.52. The van der Waals surface area contributed by atoms with E-state index in [0.29, 0.717) is 0 Å². The van der Waals surface area contributed by atoms with Gasteiger partial charge in [0.15, 0.2) is 0 Å². The van der Waals surface area contributed by atoms with Crippen LogP contribution in [0, 0.1) is 0 Å². The number of hydrazone groups is 1. The van der Waals surface area contributed by atoms with Crippen LogP contribution in [0.1, 0.15) is 19.8 Å². The third-order valence-corrected chi connectivity index (χ3v) is 1.44. The summed E-state index contributed by atoms with van der Waals surface area (Å²) in [6.07, 6.45) is 2.29. The number of rotatable bonds is 1. The molecule has 1 aliphatic heterocycles. The molecule has 1 rings (SSSR count). The Hall–Kier alpha value is -0.530. The van der Waals surface area contributed by atoms with Crippen LogP contribution in [0.25, 0.3) is 0 Å². The molecular formula is C6H12N2. The normalized spacial score (nSPS) is 19.2. The average molecular weight is 112 g/mol. The third-order valence-electron chi connectivity index (χ3n) is 1.44. The predicted molar refractivity (Wildman–Crippen MR) is 35.0 cm³/mol. The van der Waals surface area contributed by atoms with Crippen molar-refractivity contribution >= 4 is 5.71 Å². The van der Waals surface area contributed by atoms with Gasteiger partial charge in [-0.3, -0.25) is 5.01 Å². The van der Waals surface area contributed by atoms with Crippen molar-refractivity contribution in [1.82, 2.24) is 5.01 Å². The maximum Gasteiger partial charge on any atom is 0.0409 e. The van der Waals surface area contributed by atoms with Crippen LogP contribution >= 0.6 is 0 Å². The summed E-state index contributed by atoms with van der Waals surface area (Å²) in [5, 5.41) is 6.26. The van der Waals surface area contributed by atoms with E-state index in [1.54, 1.807) is 0 Å². The van der Waals surface area contributed by atoms with Crippen molar-refractivity contribution in [3.8, 4) is 0 Å². The molecule has 2 nitrogen and oxygen atoms in total. The van der Waals surface area contributed by atoms with E-state index < -0.39 is 0 Å². The van der Waals surface area contributed by atoms with E-state index in [1.807, 2.05) is 12.1 Å². The van der Waals surface area contributed by atoms with E-state index in [-0.39, 0.29) is 0 Å². The van der Waals surface area contributed by atoms with Gasteiger partial charge in [0.05, 0.1) is 0 Å². The molecule has 0 unspecified atom stereocenters. The van der Waals surface area contributed by atoms with Gasteiger partial charge in [-0.15, -0.1) is 0 Å². The Kier molecular flexibility index (Phi) is 1.51. The van der Waals surface area contributed by atoms with Gasteiger partial charge in [0.1, 0.15) is 0 Å². The lowest BCUT2D eigenvalue weighted by atomic mass is 10.2. The summed E-state index contributed by atoms with van der Waals surface area (Å²) in [7, 11) is 2.02. The van der Waals surface area contributed by atoms with Crippen LogP contribution in [0.5, 0.6) is 0 Å². The first kappa shape index (κ1) is 5.60. The molecular weight excluding hydrogens is 100 g/mol. The molecule has 46 valence electrons. The molecule has 1 heterocycles. The molecule has 0 spiro atoms. The highest BCUT2D eigenvalue weighted by molar-refractivity contribution is 5.85. The smallest absolute Gasteiger partial charge is 0.0409 e. The van der Waals surface area contributed by atoms with Crippen molar-refractivity contribution in [3.05, 3.63) is 0 Å². The molecule has 0 aromatic heterocycles. The maximum atomic E-state index is 4.26. The van der Waals surface area contributed by atoms with Gasteiger partial charge >= 0.3 is 0 Å². The lowest BCUT2D eigenvalue weighted by Crippen LogP contribution is -2.04. The molecule has 0 aromatic carbocycles. The van der Waals surface area contributed by atoms with Crippen LogP contribution < -0.4 is 0 Å². The first-order valence-corrected chi connectivity index (χ1v) is 3.10. The average Bonchev–Trinajstić information content (AvgIpc) is 2.14. The topological polar surface area (TPSA) is 15.6 Å². The molecule has 2 heteroatoms. The van der Waals surface area contributed by atoms with E-state index in [4.69, 9.17) is 0 Å². The van der Waals surface area contributed by atoms with Gasteiger partial charge in [-0.1, -0.05) is 6.92 Å². The highest BCUT2D eigenvalue weighted by Crippen LogP contribution is 2.04. The molecule has 1 aliphatic rings. The zero-order valence-corrected chi connectivity index (χ0v) is 5.52. The lowest BCUT2D eigenvalue weighted by Gasteiger charge is -2.00. The van der Waals surface area contributed by atoms with E-state index in [2.05, 4.69) is 12.0 Å². The highest BCUT2D eigenvalue weighted by Gasteiger charge is 2.06. The van der Waals surface area contributed by atoms with Crippen molar-refractivity contribution in [3.63, 3.8) is 0 Å². The van der Waals surface area contributed by atoms with Crippen molar-refractivity contribution in [2.75, 3.05) is 13.6 Å². The van der Waals surface area contributed by atoms with E-state index in [1.165, 1.54) is 12.1 Å². The quantitative estimate of drug-likeness (QED) is 0.495. The van der Waals surface area contributed by atoms with Gasteiger partial charge in [-0.2, -0.15) is 5.10 Å². The SMILES string of the molecule is CCC1=NN(C)CC1. The molecule has 0 radical (unpaired) electrons. The van der Waals surface area contributed by atoms with Crippen LogP contribution in [-0.2, 0) is 0 Å². The second-order valence-electron chi connectivity index (χ2n) is 2.15. The first-order valence-electron chi connectivity index (χ1n) is 3.10. The zero-order chi connectivity index (χ0) is 5.98. The molecule has 0 N–H and O–H groups in total. The van der Waals surface area contributed by atoms with Gasteiger partial charge in [0.25, 0.3) is 0 Å². The number of hydrogen-bond donors (Lipinski definition) is 0. The second-order valence-corrected chi connectivity index (χ2v) is 2.15. The Balaban J connectivity index is 2.44. The minimum absolute atomic E-state index is 1.11. The molecule has 0 aromatic rings. The lowest BCUT2D eigenvalue weighted by molar-refractivity contribution is 0.393. The minimum atomic E-state index is 1.11. The summed E-state index contributed by atoms with van der Waals surface area (Å²) in [5.41, 5.74) is 1.34. The molecule has 0 amide bonds. The maximum absolute atomic E-state index is 4.26. The largest absolute Gasteiger partial charge is 0.300 e.